The maximum Gasteiger partial charge on any atom is 0.217 e. The number of anilines is 1. The van der Waals surface area contributed by atoms with Gasteiger partial charge in [0.25, 0.3) is 0 Å². The van der Waals surface area contributed by atoms with Crippen molar-refractivity contribution in [2.24, 2.45) is 0 Å². The number of hydrogen-bond acceptors (Lipinski definition) is 4. The molecule has 2 heterocycles. The number of benzene rings is 1. The molecule has 1 aromatic carbocycles. The second-order valence-corrected chi connectivity index (χ2v) is 4.29. The second kappa shape index (κ2) is 4.10. The van der Waals surface area contributed by atoms with Gasteiger partial charge in [-0.15, -0.1) is 0 Å². The van der Waals surface area contributed by atoms with Gasteiger partial charge in [0, 0.05) is 29.2 Å². The monoisotopic (exact) mass is 249 g/mol. The lowest BCUT2D eigenvalue weighted by Gasteiger charge is -2.10. The molecular weight excluding hydrogens is 238 g/mol. The van der Waals surface area contributed by atoms with Crippen LogP contribution < -0.4 is 5.73 Å². The molecule has 0 aliphatic carbocycles. The predicted octanol–water partition coefficient (Wildman–Crippen LogP) is 2.18. The zero-order valence-corrected chi connectivity index (χ0v) is 10.3. The van der Waals surface area contributed by atoms with Gasteiger partial charge in [-0.2, -0.15) is 5.26 Å². The summed E-state index contributed by atoms with van der Waals surface area (Å²) in [6, 6.07) is 9.55. The van der Waals surface area contributed by atoms with E-state index in [0.29, 0.717) is 11.5 Å². The average Bonchev–Trinajstić information content (AvgIpc) is 2.86. The molecule has 0 atom stereocenters. The van der Waals surface area contributed by atoms with Crippen molar-refractivity contribution in [3.8, 4) is 11.8 Å². The van der Waals surface area contributed by atoms with Crippen molar-refractivity contribution >= 4 is 16.6 Å². The van der Waals surface area contributed by atoms with Crippen LogP contribution in [0.25, 0.3) is 16.6 Å². The average molecular weight is 249 g/mol. The highest BCUT2D eigenvalue weighted by Gasteiger charge is 2.10. The smallest absolute Gasteiger partial charge is 0.217 e. The first-order valence-corrected chi connectivity index (χ1v) is 5.80. The molecule has 0 amide bonds. The Bertz CT molecular complexity index is 810. The van der Waals surface area contributed by atoms with Crippen LogP contribution in [0.5, 0.6) is 0 Å². The van der Waals surface area contributed by atoms with Gasteiger partial charge in [-0.25, -0.2) is 4.98 Å². The number of nitrogens with two attached hydrogens (primary N) is 1. The molecule has 0 saturated carbocycles. The summed E-state index contributed by atoms with van der Waals surface area (Å²) in [7, 11) is 0. The van der Waals surface area contributed by atoms with E-state index in [-0.39, 0.29) is 0 Å². The molecule has 3 rings (SSSR count). The lowest BCUT2D eigenvalue weighted by atomic mass is 10.1. The highest BCUT2D eigenvalue weighted by molar-refractivity contribution is 5.90. The largest absolute Gasteiger partial charge is 0.399 e. The molecule has 0 spiro atoms. The van der Waals surface area contributed by atoms with Gasteiger partial charge in [0.05, 0.1) is 11.2 Å². The number of aromatic nitrogens is 3. The Morgan fingerprint density at radius 3 is 2.95 bits per heavy atom. The van der Waals surface area contributed by atoms with Crippen molar-refractivity contribution in [3.05, 3.63) is 48.2 Å². The molecule has 2 N–H and O–H groups in total. The van der Waals surface area contributed by atoms with Gasteiger partial charge in [0.1, 0.15) is 6.07 Å². The van der Waals surface area contributed by atoms with Crippen molar-refractivity contribution in [2.45, 2.75) is 6.92 Å². The van der Waals surface area contributed by atoms with Crippen LogP contribution in [0.1, 0.15) is 11.5 Å². The summed E-state index contributed by atoms with van der Waals surface area (Å²) in [6.07, 6.45) is 3.36. The molecule has 0 unspecified atom stereocenters. The fourth-order valence-electron chi connectivity index (χ4n) is 2.13. The fraction of sp³-hybridized carbons (Fsp3) is 0.0714. The maximum atomic E-state index is 9.09. The quantitative estimate of drug-likeness (QED) is 0.670. The summed E-state index contributed by atoms with van der Waals surface area (Å²) in [4.78, 5) is 8.49. The first-order chi connectivity index (χ1) is 9.19. The standard InChI is InChI=1S/C14H11N5/c1-9-6-13(19-5-4-17-14(19)8-15)11-7-10(16)2-3-12(11)18-9/h2-7H,16H2,1H3. The Balaban J connectivity index is 2.40. The van der Waals surface area contributed by atoms with Crippen LogP contribution >= 0.6 is 0 Å². The third-order valence-electron chi connectivity index (χ3n) is 2.94. The van der Waals surface area contributed by atoms with Gasteiger partial charge in [-0.05, 0) is 31.2 Å². The summed E-state index contributed by atoms with van der Waals surface area (Å²) in [5, 5.41) is 9.99. The van der Waals surface area contributed by atoms with Crippen LogP contribution in [0.4, 0.5) is 5.69 Å². The Kier molecular flexibility index (Phi) is 2.43. The van der Waals surface area contributed by atoms with E-state index in [1.807, 2.05) is 31.2 Å². The number of pyridine rings is 1. The Hall–Kier alpha value is -2.87. The number of rotatable bonds is 1. The zero-order chi connectivity index (χ0) is 13.4. The van der Waals surface area contributed by atoms with Crippen LogP contribution in [-0.2, 0) is 0 Å². The van der Waals surface area contributed by atoms with Gasteiger partial charge in [-0.3, -0.25) is 9.55 Å². The molecule has 0 fully saturated rings. The molecule has 0 aliphatic heterocycles. The van der Waals surface area contributed by atoms with E-state index in [1.54, 1.807) is 17.0 Å². The maximum absolute atomic E-state index is 9.09. The van der Waals surface area contributed by atoms with Crippen LogP contribution in [-0.4, -0.2) is 14.5 Å². The summed E-state index contributed by atoms with van der Waals surface area (Å²) < 4.78 is 1.75. The number of nitriles is 1. The molecule has 5 nitrogen and oxygen atoms in total. The molecule has 0 saturated heterocycles. The highest BCUT2D eigenvalue weighted by atomic mass is 15.1. The number of imidazole rings is 1. The fourth-order valence-corrected chi connectivity index (χ4v) is 2.13. The molecule has 92 valence electrons. The first kappa shape index (κ1) is 11.2. The van der Waals surface area contributed by atoms with E-state index >= 15 is 0 Å². The summed E-state index contributed by atoms with van der Waals surface area (Å²) >= 11 is 0. The topological polar surface area (TPSA) is 80.5 Å². The number of aryl methyl sites for hydroxylation is 1. The predicted molar refractivity (Wildman–Crippen MR) is 72.7 cm³/mol. The first-order valence-electron chi connectivity index (χ1n) is 5.80. The molecule has 19 heavy (non-hydrogen) atoms. The molecule has 0 aliphatic rings. The number of nitrogen functional groups attached to an aromatic ring is 1. The summed E-state index contributed by atoms with van der Waals surface area (Å²) in [5.74, 6) is 0.342. The highest BCUT2D eigenvalue weighted by Crippen LogP contribution is 2.25. The van der Waals surface area contributed by atoms with Gasteiger partial charge in [0.2, 0.25) is 5.82 Å². The minimum Gasteiger partial charge on any atom is -0.399 e. The Morgan fingerprint density at radius 1 is 1.32 bits per heavy atom. The lowest BCUT2D eigenvalue weighted by molar-refractivity contribution is 1.02. The number of hydrogen-bond donors (Lipinski definition) is 1. The molecular formula is C14H11N5. The van der Waals surface area contributed by atoms with E-state index in [2.05, 4.69) is 16.0 Å². The van der Waals surface area contributed by atoms with Crippen LogP contribution in [0.2, 0.25) is 0 Å². The normalized spacial score (nSPS) is 10.5. The van der Waals surface area contributed by atoms with Crippen molar-refractivity contribution in [3.63, 3.8) is 0 Å². The van der Waals surface area contributed by atoms with Gasteiger partial charge < -0.3 is 5.73 Å². The van der Waals surface area contributed by atoms with E-state index < -0.39 is 0 Å². The molecule has 3 aromatic rings. The van der Waals surface area contributed by atoms with E-state index in [0.717, 1.165) is 22.3 Å². The number of nitrogens with zero attached hydrogens (tertiary/aromatic N) is 4. The third-order valence-corrected chi connectivity index (χ3v) is 2.94. The molecule has 0 radical (unpaired) electrons. The van der Waals surface area contributed by atoms with Crippen molar-refractivity contribution in [2.75, 3.05) is 5.73 Å². The van der Waals surface area contributed by atoms with Crippen molar-refractivity contribution in [1.29, 1.82) is 5.26 Å². The van der Waals surface area contributed by atoms with Gasteiger partial charge >= 0.3 is 0 Å². The number of fused-ring (bicyclic) bond motifs is 1. The molecule has 2 aromatic heterocycles. The van der Waals surface area contributed by atoms with Crippen LogP contribution in [0.15, 0.2) is 36.7 Å². The molecule has 5 heteroatoms. The van der Waals surface area contributed by atoms with Crippen molar-refractivity contribution in [1.82, 2.24) is 14.5 Å². The minimum absolute atomic E-state index is 0.342. The Labute approximate surface area is 109 Å². The summed E-state index contributed by atoms with van der Waals surface area (Å²) in [5.41, 5.74) is 9.09. The summed E-state index contributed by atoms with van der Waals surface area (Å²) in [6.45, 7) is 1.92. The Morgan fingerprint density at radius 2 is 2.16 bits per heavy atom. The third kappa shape index (κ3) is 1.79. The molecule has 0 bridgehead atoms. The zero-order valence-electron chi connectivity index (χ0n) is 10.3. The van der Waals surface area contributed by atoms with Crippen molar-refractivity contribution < 1.29 is 0 Å². The van der Waals surface area contributed by atoms with Crippen LogP contribution in [0, 0.1) is 18.3 Å². The lowest BCUT2D eigenvalue weighted by Crippen LogP contribution is -2.00. The van der Waals surface area contributed by atoms with E-state index in [4.69, 9.17) is 11.0 Å². The van der Waals surface area contributed by atoms with Crippen LogP contribution in [0.3, 0.4) is 0 Å². The SMILES string of the molecule is Cc1cc(-n2ccnc2C#N)c2cc(N)ccc2n1. The van der Waals surface area contributed by atoms with Gasteiger partial charge in [-0.1, -0.05) is 0 Å². The minimum atomic E-state index is 0.342. The van der Waals surface area contributed by atoms with Gasteiger partial charge in [0.15, 0.2) is 0 Å². The van der Waals surface area contributed by atoms with E-state index in [9.17, 15) is 0 Å². The van der Waals surface area contributed by atoms with E-state index in [1.165, 1.54) is 0 Å². The second-order valence-electron chi connectivity index (χ2n) is 4.29.